The molecule has 2 aromatic rings. The van der Waals surface area contributed by atoms with Crippen LogP contribution in [0.3, 0.4) is 0 Å². The summed E-state index contributed by atoms with van der Waals surface area (Å²) >= 11 is 0. The van der Waals surface area contributed by atoms with E-state index in [1.165, 1.54) is 11.1 Å². The van der Waals surface area contributed by atoms with E-state index in [2.05, 4.69) is 25.1 Å². The van der Waals surface area contributed by atoms with Crippen molar-refractivity contribution in [3.63, 3.8) is 0 Å². The number of benzene rings is 2. The minimum atomic E-state index is -0.748. The number of hydrogen-bond donors (Lipinski definition) is 1. The maximum Gasteiger partial charge on any atom is 0.118 e. The zero-order valence-corrected chi connectivity index (χ0v) is 12.4. The predicted octanol–water partition coefficient (Wildman–Crippen LogP) is 3.54. The maximum absolute atomic E-state index is 10.6. The highest BCUT2D eigenvalue weighted by Crippen LogP contribution is 2.21. The van der Waals surface area contributed by atoms with E-state index in [1.54, 1.807) is 7.11 Å². The normalized spacial score (nSPS) is 13.8. The summed E-state index contributed by atoms with van der Waals surface area (Å²) in [6.45, 7) is 3.96. The molecule has 2 nitrogen and oxygen atoms in total. The quantitative estimate of drug-likeness (QED) is 0.900. The zero-order valence-electron chi connectivity index (χ0n) is 12.4. The summed E-state index contributed by atoms with van der Waals surface area (Å²) < 4.78 is 5.15. The van der Waals surface area contributed by atoms with Crippen LogP contribution >= 0.6 is 0 Å². The van der Waals surface area contributed by atoms with Crippen LogP contribution in [0.1, 0.15) is 23.6 Å². The molecule has 0 bridgehead atoms. The van der Waals surface area contributed by atoms with E-state index in [4.69, 9.17) is 4.74 Å². The standard InChI is InChI=1S/C18H22O2/c1-14-5-4-6-16(11-14)13-18(2,19)12-15-7-9-17(20-3)10-8-15/h4-11,19H,12-13H2,1-3H3. The molecule has 2 aromatic carbocycles. The van der Waals surface area contributed by atoms with Gasteiger partial charge < -0.3 is 9.84 Å². The van der Waals surface area contributed by atoms with Crippen molar-refractivity contribution < 1.29 is 9.84 Å². The minimum absolute atomic E-state index is 0.630. The van der Waals surface area contributed by atoms with Gasteiger partial charge in [0.1, 0.15) is 5.75 Å². The average Bonchev–Trinajstić information content (AvgIpc) is 2.38. The second-order valence-corrected chi connectivity index (χ2v) is 5.69. The Kier molecular flexibility index (Phi) is 4.46. The van der Waals surface area contributed by atoms with Gasteiger partial charge in [0.05, 0.1) is 12.7 Å². The van der Waals surface area contributed by atoms with Gasteiger partial charge in [-0.05, 0) is 37.1 Å². The molecule has 0 aliphatic rings. The molecule has 0 aliphatic carbocycles. The molecule has 0 fully saturated rings. The molecule has 0 saturated carbocycles. The summed E-state index contributed by atoms with van der Waals surface area (Å²) in [4.78, 5) is 0. The van der Waals surface area contributed by atoms with Gasteiger partial charge in [0.15, 0.2) is 0 Å². The average molecular weight is 270 g/mol. The Balaban J connectivity index is 2.06. The lowest BCUT2D eigenvalue weighted by Gasteiger charge is -2.24. The molecule has 0 saturated heterocycles. The van der Waals surface area contributed by atoms with Crippen molar-refractivity contribution in [2.45, 2.75) is 32.3 Å². The summed E-state index contributed by atoms with van der Waals surface area (Å²) in [6.07, 6.45) is 1.28. The highest BCUT2D eigenvalue weighted by Gasteiger charge is 2.21. The molecule has 106 valence electrons. The monoisotopic (exact) mass is 270 g/mol. The smallest absolute Gasteiger partial charge is 0.118 e. The first-order chi connectivity index (χ1) is 9.48. The van der Waals surface area contributed by atoms with Gasteiger partial charge in [-0.1, -0.05) is 42.0 Å². The van der Waals surface area contributed by atoms with Crippen LogP contribution in [0.4, 0.5) is 0 Å². The van der Waals surface area contributed by atoms with Crippen molar-refractivity contribution >= 4 is 0 Å². The molecular formula is C18H22O2. The fraction of sp³-hybridized carbons (Fsp3) is 0.333. The lowest BCUT2D eigenvalue weighted by atomic mass is 9.89. The fourth-order valence-corrected chi connectivity index (χ4v) is 2.51. The van der Waals surface area contributed by atoms with Crippen molar-refractivity contribution in [3.8, 4) is 5.75 Å². The molecule has 20 heavy (non-hydrogen) atoms. The summed E-state index contributed by atoms with van der Waals surface area (Å²) in [7, 11) is 1.66. The zero-order chi connectivity index (χ0) is 14.6. The molecular weight excluding hydrogens is 248 g/mol. The Labute approximate surface area is 121 Å². The van der Waals surface area contributed by atoms with E-state index in [9.17, 15) is 5.11 Å². The second-order valence-electron chi connectivity index (χ2n) is 5.69. The van der Waals surface area contributed by atoms with Crippen molar-refractivity contribution in [2.75, 3.05) is 7.11 Å². The Morgan fingerprint density at radius 3 is 2.25 bits per heavy atom. The fourth-order valence-electron chi connectivity index (χ4n) is 2.51. The number of ether oxygens (including phenoxy) is 1. The number of aryl methyl sites for hydroxylation is 1. The van der Waals surface area contributed by atoms with Gasteiger partial charge in [0.25, 0.3) is 0 Å². The lowest BCUT2D eigenvalue weighted by molar-refractivity contribution is 0.0608. The summed E-state index contributed by atoms with van der Waals surface area (Å²) in [5.41, 5.74) is 2.76. The largest absolute Gasteiger partial charge is 0.497 e. The van der Waals surface area contributed by atoms with E-state index in [-0.39, 0.29) is 0 Å². The van der Waals surface area contributed by atoms with Gasteiger partial charge in [-0.3, -0.25) is 0 Å². The summed E-state index contributed by atoms with van der Waals surface area (Å²) in [6, 6.07) is 16.2. The first-order valence-corrected chi connectivity index (χ1v) is 6.89. The molecule has 1 atom stereocenters. The third kappa shape index (κ3) is 4.10. The SMILES string of the molecule is COc1ccc(CC(C)(O)Cc2cccc(C)c2)cc1. The minimum Gasteiger partial charge on any atom is -0.497 e. The third-order valence-electron chi connectivity index (χ3n) is 3.41. The van der Waals surface area contributed by atoms with Crippen LogP contribution in [0.15, 0.2) is 48.5 Å². The molecule has 0 radical (unpaired) electrons. The van der Waals surface area contributed by atoms with E-state index >= 15 is 0 Å². The molecule has 0 aliphatic heterocycles. The van der Waals surface area contributed by atoms with Gasteiger partial charge in [-0.25, -0.2) is 0 Å². The van der Waals surface area contributed by atoms with Crippen LogP contribution in [-0.4, -0.2) is 17.8 Å². The number of aliphatic hydroxyl groups is 1. The first kappa shape index (κ1) is 14.6. The van der Waals surface area contributed by atoms with Crippen LogP contribution in [0.25, 0.3) is 0 Å². The van der Waals surface area contributed by atoms with Crippen molar-refractivity contribution in [3.05, 3.63) is 65.2 Å². The Hall–Kier alpha value is -1.80. The second kappa shape index (κ2) is 6.10. The molecule has 2 rings (SSSR count). The highest BCUT2D eigenvalue weighted by molar-refractivity contribution is 5.29. The van der Waals surface area contributed by atoms with Crippen molar-refractivity contribution in [2.24, 2.45) is 0 Å². The number of methoxy groups -OCH3 is 1. The number of hydrogen-bond acceptors (Lipinski definition) is 2. The summed E-state index contributed by atoms with van der Waals surface area (Å²) in [5.74, 6) is 0.840. The summed E-state index contributed by atoms with van der Waals surface area (Å²) in [5, 5.41) is 10.6. The first-order valence-electron chi connectivity index (χ1n) is 6.89. The Morgan fingerprint density at radius 2 is 1.65 bits per heavy atom. The van der Waals surface area contributed by atoms with Crippen LogP contribution in [0.5, 0.6) is 5.75 Å². The topological polar surface area (TPSA) is 29.5 Å². The Bertz CT molecular complexity index is 556. The van der Waals surface area contributed by atoms with Crippen LogP contribution in [-0.2, 0) is 12.8 Å². The van der Waals surface area contributed by atoms with Gasteiger partial charge >= 0.3 is 0 Å². The van der Waals surface area contributed by atoms with Gasteiger partial charge in [-0.15, -0.1) is 0 Å². The van der Waals surface area contributed by atoms with Crippen LogP contribution < -0.4 is 4.74 Å². The molecule has 1 unspecified atom stereocenters. The number of rotatable bonds is 5. The van der Waals surface area contributed by atoms with E-state index in [0.29, 0.717) is 12.8 Å². The van der Waals surface area contributed by atoms with E-state index in [1.807, 2.05) is 37.3 Å². The van der Waals surface area contributed by atoms with E-state index < -0.39 is 5.60 Å². The molecule has 0 spiro atoms. The molecule has 0 amide bonds. The molecule has 0 heterocycles. The maximum atomic E-state index is 10.6. The van der Waals surface area contributed by atoms with Crippen LogP contribution in [0, 0.1) is 6.92 Å². The van der Waals surface area contributed by atoms with Gasteiger partial charge in [0.2, 0.25) is 0 Å². The van der Waals surface area contributed by atoms with E-state index in [0.717, 1.165) is 11.3 Å². The van der Waals surface area contributed by atoms with Crippen molar-refractivity contribution in [1.29, 1.82) is 0 Å². The molecule has 1 N–H and O–H groups in total. The van der Waals surface area contributed by atoms with Gasteiger partial charge in [-0.2, -0.15) is 0 Å². The predicted molar refractivity (Wildman–Crippen MR) is 82.2 cm³/mol. The highest BCUT2D eigenvalue weighted by atomic mass is 16.5. The lowest BCUT2D eigenvalue weighted by Crippen LogP contribution is -2.30. The van der Waals surface area contributed by atoms with Crippen molar-refractivity contribution in [1.82, 2.24) is 0 Å². The van der Waals surface area contributed by atoms with Gasteiger partial charge in [0, 0.05) is 12.8 Å². The third-order valence-corrected chi connectivity index (χ3v) is 3.41. The Morgan fingerprint density at radius 1 is 1.00 bits per heavy atom. The molecule has 0 aromatic heterocycles. The molecule has 2 heteroatoms. The van der Waals surface area contributed by atoms with Crippen LogP contribution in [0.2, 0.25) is 0 Å².